The van der Waals surface area contributed by atoms with Crippen LogP contribution < -0.4 is 5.32 Å². The highest BCUT2D eigenvalue weighted by Gasteiger charge is 2.17. The Balaban J connectivity index is 1.80. The van der Waals surface area contributed by atoms with Crippen LogP contribution in [0.4, 0.5) is 0 Å². The Hall–Kier alpha value is -1.92. The number of carboxylic acids is 1. The van der Waals surface area contributed by atoms with Gasteiger partial charge in [-0.2, -0.15) is 5.10 Å². The van der Waals surface area contributed by atoms with E-state index in [1.54, 1.807) is 10.6 Å². The van der Waals surface area contributed by atoms with E-state index in [-0.39, 0.29) is 5.56 Å². The molecule has 2 aromatic heterocycles. The van der Waals surface area contributed by atoms with Gasteiger partial charge < -0.3 is 15.2 Å². The molecule has 3 rings (SSSR count). The summed E-state index contributed by atoms with van der Waals surface area (Å²) in [7, 11) is 0. The molecule has 0 aromatic carbocycles. The first kappa shape index (κ1) is 11.2. The minimum absolute atomic E-state index is 0.224. The van der Waals surface area contributed by atoms with Gasteiger partial charge in [0.2, 0.25) is 0 Å². The van der Waals surface area contributed by atoms with Crippen molar-refractivity contribution in [3.8, 4) is 0 Å². The molecule has 2 aromatic rings. The summed E-state index contributed by atoms with van der Waals surface area (Å²) in [6.45, 7) is 2.24. The Morgan fingerprint density at radius 3 is 3.06 bits per heavy atom. The van der Waals surface area contributed by atoms with Crippen molar-refractivity contribution in [1.29, 1.82) is 0 Å². The van der Waals surface area contributed by atoms with E-state index in [1.165, 1.54) is 6.20 Å². The third-order valence-electron chi connectivity index (χ3n) is 3.04. The topological polar surface area (TPSA) is 75.9 Å². The maximum Gasteiger partial charge on any atom is 0.339 e. The second kappa shape index (κ2) is 4.40. The predicted octanol–water partition coefficient (Wildman–Crippen LogP) is 0.521. The first-order valence-corrected chi connectivity index (χ1v) is 5.75. The molecule has 0 spiro atoms. The number of hydrogen-bond acceptors (Lipinski definition) is 4. The van der Waals surface area contributed by atoms with E-state index < -0.39 is 5.97 Å². The van der Waals surface area contributed by atoms with Gasteiger partial charge in [0.1, 0.15) is 5.56 Å². The number of aromatic carboxylic acids is 1. The number of rotatable bonds is 4. The molecule has 3 heterocycles. The normalized spacial score (nSPS) is 15.8. The summed E-state index contributed by atoms with van der Waals surface area (Å²) in [4.78, 5) is 10.9. The van der Waals surface area contributed by atoms with Crippen LogP contribution in [0.15, 0.2) is 24.5 Å². The summed E-state index contributed by atoms with van der Waals surface area (Å²) >= 11 is 0. The van der Waals surface area contributed by atoms with Crippen molar-refractivity contribution in [2.45, 2.75) is 12.6 Å². The van der Waals surface area contributed by atoms with Crippen LogP contribution in [0.2, 0.25) is 0 Å². The van der Waals surface area contributed by atoms with Crippen LogP contribution in [-0.2, 0) is 11.3 Å². The zero-order chi connectivity index (χ0) is 12.5. The lowest BCUT2D eigenvalue weighted by Gasteiger charge is -2.26. The minimum atomic E-state index is -0.956. The lowest BCUT2D eigenvalue weighted by Crippen LogP contribution is -2.45. The molecule has 2 N–H and O–H groups in total. The van der Waals surface area contributed by atoms with Crippen molar-refractivity contribution < 1.29 is 14.6 Å². The zero-order valence-corrected chi connectivity index (χ0v) is 9.67. The number of pyridine rings is 1. The molecular formula is C12H13N3O3. The van der Waals surface area contributed by atoms with Gasteiger partial charge in [0.15, 0.2) is 0 Å². The van der Waals surface area contributed by atoms with Gasteiger partial charge in [-0.05, 0) is 11.6 Å². The lowest BCUT2D eigenvalue weighted by molar-refractivity contribution is -0.00579. The first-order chi connectivity index (χ1) is 8.74. The van der Waals surface area contributed by atoms with E-state index in [0.29, 0.717) is 11.6 Å². The smallest absolute Gasteiger partial charge is 0.339 e. The SMILES string of the molecule is O=C(O)c1cnn2cc(CNC3COC3)ccc12. The quantitative estimate of drug-likeness (QED) is 0.823. The van der Waals surface area contributed by atoms with Crippen LogP contribution in [0.25, 0.3) is 5.52 Å². The second-order valence-corrected chi connectivity index (χ2v) is 4.35. The Labute approximate surface area is 103 Å². The molecule has 18 heavy (non-hydrogen) atoms. The molecule has 1 saturated heterocycles. The Kier molecular flexibility index (Phi) is 2.73. The fraction of sp³-hybridized carbons (Fsp3) is 0.333. The molecule has 0 amide bonds. The van der Waals surface area contributed by atoms with E-state index in [9.17, 15) is 4.79 Å². The summed E-state index contributed by atoms with van der Waals surface area (Å²) in [6.07, 6.45) is 3.21. The van der Waals surface area contributed by atoms with E-state index >= 15 is 0 Å². The molecule has 0 unspecified atom stereocenters. The van der Waals surface area contributed by atoms with E-state index in [4.69, 9.17) is 9.84 Å². The number of fused-ring (bicyclic) bond motifs is 1. The molecular weight excluding hydrogens is 234 g/mol. The van der Waals surface area contributed by atoms with Gasteiger partial charge in [0, 0.05) is 12.7 Å². The summed E-state index contributed by atoms with van der Waals surface area (Å²) in [5.74, 6) is -0.956. The van der Waals surface area contributed by atoms with E-state index in [2.05, 4.69) is 10.4 Å². The first-order valence-electron chi connectivity index (χ1n) is 5.75. The third-order valence-corrected chi connectivity index (χ3v) is 3.04. The molecule has 1 fully saturated rings. The van der Waals surface area contributed by atoms with Gasteiger partial charge >= 0.3 is 5.97 Å². The van der Waals surface area contributed by atoms with Crippen LogP contribution in [-0.4, -0.2) is 39.9 Å². The molecule has 6 heteroatoms. The lowest BCUT2D eigenvalue weighted by atomic mass is 10.2. The van der Waals surface area contributed by atoms with Crippen LogP contribution in [0.5, 0.6) is 0 Å². The molecule has 0 aliphatic carbocycles. The summed E-state index contributed by atoms with van der Waals surface area (Å²) < 4.78 is 6.67. The highest BCUT2D eigenvalue weighted by molar-refractivity contribution is 5.95. The molecule has 1 aliphatic rings. The molecule has 1 aliphatic heterocycles. The minimum Gasteiger partial charge on any atom is -0.478 e. The summed E-state index contributed by atoms with van der Waals surface area (Å²) in [5.41, 5.74) is 1.90. The van der Waals surface area contributed by atoms with Crippen LogP contribution in [0, 0.1) is 0 Å². The average molecular weight is 247 g/mol. The molecule has 0 radical (unpaired) electrons. The fourth-order valence-corrected chi connectivity index (χ4v) is 1.91. The van der Waals surface area contributed by atoms with Gasteiger partial charge in [-0.3, -0.25) is 0 Å². The van der Waals surface area contributed by atoms with Crippen LogP contribution in [0.3, 0.4) is 0 Å². The highest BCUT2D eigenvalue weighted by Crippen LogP contribution is 2.12. The molecule has 0 bridgehead atoms. The summed E-state index contributed by atoms with van der Waals surface area (Å²) in [6, 6.07) is 4.12. The maximum atomic E-state index is 10.9. The number of ether oxygens (including phenoxy) is 1. The van der Waals surface area contributed by atoms with Crippen LogP contribution in [0.1, 0.15) is 15.9 Å². The Morgan fingerprint density at radius 1 is 1.56 bits per heavy atom. The second-order valence-electron chi connectivity index (χ2n) is 4.35. The number of hydrogen-bond donors (Lipinski definition) is 2. The van der Waals surface area contributed by atoms with Gasteiger partial charge in [-0.25, -0.2) is 9.31 Å². The number of carbonyl (C=O) groups is 1. The van der Waals surface area contributed by atoms with Gasteiger partial charge in [0.25, 0.3) is 0 Å². The van der Waals surface area contributed by atoms with Crippen molar-refractivity contribution in [3.63, 3.8) is 0 Å². The number of carboxylic acid groups (broad SMARTS) is 1. The highest BCUT2D eigenvalue weighted by atomic mass is 16.5. The molecule has 6 nitrogen and oxygen atoms in total. The van der Waals surface area contributed by atoms with E-state index in [0.717, 1.165) is 25.3 Å². The Bertz CT molecular complexity index is 589. The summed E-state index contributed by atoms with van der Waals surface area (Å²) in [5, 5.41) is 16.4. The van der Waals surface area contributed by atoms with Crippen molar-refractivity contribution in [2.24, 2.45) is 0 Å². The third kappa shape index (κ3) is 1.96. The van der Waals surface area contributed by atoms with Crippen molar-refractivity contribution in [2.75, 3.05) is 13.2 Å². The Morgan fingerprint density at radius 2 is 2.39 bits per heavy atom. The van der Waals surface area contributed by atoms with Crippen LogP contribution >= 0.6 is 0 Å². The number of nitrogens with zero attached hydrogens (tertiary/aromatic N) is 2. The number of aromatic nitrogens is 2. The van der Waals surface area contributed by atoms with Crippen molar-refractivity contribution in [1.82, 2.24) is 14.9 Å². The van der Waals surface area contributed by atoms with Gasteiger partial charge in [-0.1, -0.05) is 6.07 Å². The molecule has 0 saturated carbocycles. The van der Waals surface area contributed by atoms with Gasteiger partial charge in [-0.15, -0.1) is 0 Å². The van der Waals surface area contributed by atoms with Crippen molar-refractivity contribution >= 4 is 11.5 Å². The number of nitrogens with one attached hydrogen (secondary N) is 1. The standard InChI is InChI=1S/C12H13N3O3/c16-12(17)10-4-14-15-5-8(1-2-11(10)15)3-13-9-6-18-7-9/h1-2,4-5,9,13H,3,6-7H2,(H,16,17). The van der Waals surface area contributed by atoms with Gasteiger partial charge in [0.05, 0.1) is 31.0 Å². The predicted molar refractivity (Wildman–Crippen MR) is 63.6 cm³/mol. The average Bonchev–Trinajstić information content (AvgIpc) is 2.69. The molecule has 0 atom stereocenters. The van der Waals surface area contributed by atoms with E-state index in [1.807, 2.05) is 12.3 Å². The monoisotopic (exact) mass is 247 g/mol. The zero-order valence-electron chi connectivity index (χ0n) is 9.67. The maximum absolute atomic E-state index is 10.9. The van der Waals surface area contributed by atoms with Crippen molar-refractivity contribution in [3.05, 3.63) is 35.7 Å². The fourth-order valence-electron chi connectivity index (χ4n) is 1.91. The molecule has 94 valence electrons. The largest absolute Gasteiger partial charge is 0.478 e.